The zero-order valence-electron chi connectivity index (χ0n) is 21.0. The average Bonchev–Trinajstić information content (AvgIpc) is 3.74. The summed E-state index contributed by atoms with van der Waals surface area (Å²) in [4.78, 5) is 45.5. The molecule has 2 aliphatic rings. The van der Waals surface area contributed by atoms with Crippen LogP contribution in [0.15, 0.2) is 42.5 Å². The molecule has 1 saturated carbocycles. The van der Waals surface area contributed by atoms with Crippen molar-refractivity contribution in [3.8, 4) is 11.3 Å². The second-order valence-electron chi connectivity index (χ2n) is 9.56. The number of benzene rings is 2. The molecule has 3 aromatic rings. The van der Waals surface area contributed by atoms with Crippen molar-refractivity contribution < 1.29 is 23.5 Å². The lowest BCUT2D eigenvalue weighted by atomic mass is 10.0. The lowest BCUT2D eigenvalue weighted by molar-refractivity contribution is 0.0560. The Balaban J connectivity index is 1.33. The van der Waals surface area contributed by atoms with E-state index in [-0.39, 0.29) is 23.6 Å². The van der Waals surface area contributed by atoms with Gasteiger partial charge in [0, 0.05) is 48.7 Å². The van der Waals surface area contributed by atoms with Gasteiger partial charge >= 0.3 is 6.09 Å². The van der Waals surface area contributed by atoms with Gasteiger partial charge in [0.25, 0.3) is 11.8 Å². The van der Waals surface area contributed by atoms with Crippen molar-refractivity contribution in [1.82, 2.24) is 20.1 Å². The molecule has 0 radical (unpaired) electrons. The first-order valence-electron chi connectivity index (χ1n) is 12.8. The van der Waals surface area contributed by atoms with Gasteiger partial charge in [0.05, 0.1) is 28.4 Å². The van der Waals surface area contributed by atoms with E-state index < -0.39 is 11.7 Å². The molecule has 1 aliphatic carbocycles. The largest absolute Gasteiger partial charge is 0.449 e. The van der Waals surface area contributed by atoms with E-state index in [4.69, 9.17) is 16.3 Å². The van der Waals surface area contributed by atoms with Crippen LogP contribution in [0.1, 0.15) is 46.9 Å². The Morgan fingerprint density at radius 2 is 1.79 bits per heavy atom. The molecule has 1 N–H and O–H groups in total. The van der Waals surface area contributed by atoms with E-state index in [2.05, 4.69) is 10.3 Å². The zero-order chi connectivity index (χ0) is 26.8. The van der Waals surface area contributed by atoms with Gasteiger partial charge in [-0.15, -0.1) is 0 Å². The van der Waals surface area contributed by atoms with E-state index in [1.165, 1.54) is 12.1 Å². The van der Waals surface area contributed by atoms with E-state index >= 15 is 0 Å². The molecular formula is C28H28ClFN4O4. The summed E-state index contributed by atoms with van der Waals surface area (Å²) in [7, 11) is 0. The number of halogens is 2. The van der Waals surface area contributed by atoms with Crippen LogP contribution in [-0.4, -0.2) is 71.5 Å². The molecule has 0 unspecified atom stereocenters. The van der Waals surface area contributed by atoms with Crippen molar-refractivity contribution in [2.24, 2.45) is 0 Å². The van der Waals surface area contributed by atoms with E-state index in [1.54, 1.807) is 40.1 Å². The summed E-state index contributed by atoms with van der Waals surface area (Å²) in [5.41, 5.74) is 1.82. The van der Waals surface area contributed by atoms with Gasteiger partial charge < -0.3 is 19.9 Å². The normalized spacial score (nSPS) is 15.4. The highest BCUT2D eigenvalue weighted by atomic mass is 35.5. The van der Waals surface area contributed by atoms with Crippen molar-refractivity contribution >= 4 is 40.4 Å². The number of piperazine rings is 1. The Morgan fingerprint density at radius 1 is 1.05 bits per heavy atom. The fourth-order valence-electron chi connectivity index (χ4n) is 4.37. The minimum Gasteiger partial charge on any atom is -0.449 e. The maximum Gasteiger partial charge on any atom is 0.409 e. The van der Waals surface area contributed by atoms with Crippen LogP contribution in [0.3, 0.4) is 0 Å². The van der Waals surface area contributed by atoms with Crippen molar-refractivity contribution in [2.75, 3.05) is 32.8 Å². The van der Waals surface area contributed by atoms with Crippen molar-refractivity contribution in [3.05, 3.63) is 64.4 Å². The second kappa shape index (κ2) is 10.9. The summed E-state index contributed by atoms with van der Waals surface area (Å²) >= 11 is 6.52. The van der Waals surface area contributed by atoms with E-state index in [0.29, 0.717) is 65.5 Å². The van der Waals surface area contributed by atoms with Crippen molar-refractivity contribution in [2.45, 2.75) is 32.2 Å². The highest BCUT2D eigenvalue weighted by molar-refractivity contribution is 6.35. The van der Waals surface area contributed by atoms with E-state index in [1.807, 2.05) is 6.92 Å². The second-order valence-corrected chi connectivity index (χ2v) is 9.96. The highest BCUT2D eigenvalue weighted by Crippen LogP contribution is 2.30. The van der Waals surface area contributed by atoms with Crippen LogP contribution in [0.5, 0.6) is 0 Å². The van der Waals surface area contributed by atoms with Crippen LogP contribution in [0, 0.1) is 5.82 Å². The number of carbonyl (C=O) groups is 3. The number of ether oxygens (including phenoxy) is 1. The zero-order valence-corrected chi connectivity index (χ0v) is 21.8. The number of pyridine rings is 1. The molecular weight excluding hydrogens is 511 g/mol. The number of nitrogens with one attached hydrogen (secondary N) is 1. The summed E-state index contributed by atoms with van der Waals surface area (Å²) in [6, 6.07) is 11.2. The van der Waals surface area contributed by atoms with Gasteiger partial charge in [-0.05, 0) is 49.6 Å². The molecule has 0 spiro atoms. The Labute approximate surface area is 224 Å². The first-order chi connectivity index (χ1) is 18.3. The molecule has 38 heavy (non-hydrogen) atoms. The fraction of sp³-hybridized carbons (Fsp3) is 0.357. The molecule has 3 amide bonds. The minimum atomic E-state index is -0.639. The topological polar surface area (TPSA) is 91.8 Å². The lowest BCUT2D eigenvalue weighted by Gasteiger charge is -2.34. The third-order valence-corrected chi connectivity index (χ3v) is 7.00. The highest BCUT2D eigenvalue weighted by Gasteiger charge is 2.27. The monoisotopic (exact) mass is 538 g/mol. The quantitative estimate of drug-likeness (QED) is 0.482. The molecule has 2 aromatic carbocycles. The summed E-state index contributed by atoms with van der Waals surface area (Å²) < 4.78 is 20.0. The van der Waals surface area contributed by atoms with Crippen LogP contribution in [0.25, 0.3) is 22.2 Å². The van der Waals surface area contributed by atoms with Gasteiger partial charge in [0.1, 0.15) is 5.82 Å². The lowest BCUT2D eigenvalue weighted by Crippen LogP contribution is -2.50. The molecule has 5 rings (SSSR count). The number of hydrogen-bond donors (Lipinski definition) is 1. The molecule has 0 atom stereocenters. The Hall–Kier alpha value is -3.72. The van der Waals surface area contributed by atoms with E-state index in [9.17, 15) is 18.8 Å². The first kappa shape index (κ1) is 25.9. The van der Waals surface area contributed by atoms with Crippen LogP contribution in [0.2, 0.25) is 5.02 Å². The molecule has 198 valence electrons. The summed E-state index contributed by atoms with van der Waals surface area (Å²) in [6.07, 6.45) is 2.23. The molecule has 8 nitrogen and oxygen atoms in total. The number of hydrogen-bond acceptors (Lipinski definition) is 5. The third kappa shape index (κ3) is 5.57. The van der Waals surface area contributed by atoms with Gasteiger partial charge in [-0.25, -0.2) is 14.2 Å². The maximum atomic E-state index is 14.8. The van der Waals surface area contributed by atoms with Gasteiger partial charge in [0.15, 0.2) is 0 Å². The third-order valence-electron chi connectivity index (χ3n) is 6.68. The summed E-state index contributed by atoms with van der Waals surface area (Å²) in [5.74, 6) is -1.24. The SMILES string of the molecule is CCCOC(=O)N1CCN(C(=O)c2ccc3c(Cl)cc(-c4ccc(C(=O)NC5CC5)c(F)c4)nc3c2)CC1. The van der Waals surface area contributed by atoms with Crippen molar-refractivity contribution in [1.29, 1.82) is 0 Å². The van der Waals surface area contributed by atoms with Crippen LogP contribution >= 0.6 is 11.6 Å². The Morgan fingerprint density at radius 3 is 2.47 bits per heavy atom. The number of aromatic nitrogens is 1. The van der Waals surface area contributed by atoms with Crippen LogP contribution in [0.4, 0.5) is 9.18 Å². The molecule has 2 heterocycles. The fourth-order valence-corrected chi connectivity index (χ4v) is 4.63. The van der Waals surface area contributed by atoms with E-state index in [0.717, 1.165) is 19.3 Å². The smallest absolute Gasteiger partial charge is 0.409 e. The van der Waals surface area contributed by atoms with Gasteiger partial charge in [0.2, 0.25) is 0 Å². The number of carbonyl (C=O) groups excluding carboxylic acids is 3. The number of amides is 3. The number of fused-ring (bicyclic) bond motifs is 1. The molecule has 1 saturated heterocycles. The van der Waals surface area contributed by atoms with Gasteiger partial charge in [-0.1, -0.05) is 30.7 Å². The molecule has 0 bridgehead atoms. The summed E-state index contributed by atoms with van der Waals surface area (Å²) in [6.45, 7) is 3.90. The van der Waals surface area contributed by atoms with Gasteiger partial charge in [-0.2, -0.15) is 0 Å². The predicted octanol–water partition coefficient (Wildman–Crippen LogP) is 4.89. The minimum absolute atomic E-state index is 0.0147. The maximum absolute atomic E-state index is 14.8. The van der Waals surface area contributed by atoms with Crippen LogP contribution in [-0.2, 0) is 4.74 Å². The molecule has 10 heteroatoms. The van der Waals surface area contributed by atoms with Crippen LogP contribution < -0.4 is 5.32 Å². The standard InChI is InChI=1S/C28H28ClFN4O4/c1-2-13-38-28(37)34-11-9-33(10-12-34)27(36)18-4-7-20-22(29)16-24(32-25(20)15-18)17-3-8-21(23(30)14-17)26(35)31-19-5-6-19/h3-4,7-8,14-16,19H,2,5-6,9-13H2,1H3,(H,31,35). The number of nitrogens with zero attached hydrogens (tertiary/aromatic N) is 3. The Kier molecular flexibility index (Phi) is 7.46. The van der Waals surface area contributed by atoms with Crippen molar-refractivity contribution in [3.63, 3.8) is 0 Å². The van der Waals surface area contributed by atoms with Gasteiger partial charge in [-0.3, -0.25) is 9.59 Å². The predicted molar refractivity (Wildman–Crippen MR) is 142 cm³/mol. The first-order valence-corrected chi connectivity index (χ1v) is 13.1. The number of rotatable bonds is 6. The molecule has 1 aromatic heterocycles. The summed E-state index contributed by atoms with van der Waals surface area (Å²) in [5, 5.41) is 3.87. The molecule has 2 fully saturated rings. The molecule has 1 aliphatic heterocycles. The average molecular weight is 539 g/mol. The Bertz CT molecular complexity index is 1400.